The molecule has 2 aromatic rings. The molecular weight excluding hydrogens is 230 g/mol. The van der Waals surface area contributed by atoms with E-state index >= 15 is 0 Å². The highest BCUT2D eigenvalue weighted by Gasteiger charge is 2.29. The van der Waals surface area contributed by atoms with Crippen LogP contribution in [0.4, 0.5) is 0 Å². The highest BCUT2D eigenvalue weighted by Crippen LogP contribution is 2.36. The topological polar surface area (TPSA) is 35.2 Å². The van der Waals surface area contributed by atoms with E-state index in [0.717, 1.165) is 13.0 Å². The predicted molar refractivity (Wildman–Crippen MR) is 72.3 cm³/mol. The molecule has 3 heteroatoms. The molecule has 3 unspecified atom stereocenters. The first kappa shape index (κ1) is 11.2. The minimum absolute atomic E-state index is 0.107. The Kier molecular flexibility index (Phi) is 2.90. The Hall–Kier alpha value is -0.900. The van der Waals surface area contributed by atoms with Crippen LogP contribution in [0.15, 0.2) is 29.6 Å². The Labute approximate surface area is 105 Å². The number of rotatable bonds is 2. The van der Waals surface area contributed by atoms with Crippen LogP contribution >= 0.6 is 11.3 Å². The van der Waals surface area contributed by atoms with Gasteiger partial charge in [0.1, 0.15) is 0 Å². The second-order valence-corrected chi connectivity index (χ2v) is 5.76. The third-order valence-corrected chi connectivity index (χ3v) is 4.59. The average molecular weight is 247 g/mol. The Morgan fingerprint density at radius 2 is 2.24 bits per heavy atom. The van der Waals surface area contributed by atoms with Crippen LogP contribution < -0.4 is 5.73 Å². The fourth-order valence-corrected chi connectivity index (χ4v) is 3.62. The van der Waals surface area contributed by atoms with Gasteiger partial charge in [-0.05, 0) is 35.7 Å². The molecule has 2 nitrogen and oxygen atoms in total. The van der Waals surface area contributed by atoms with E-state index in [-0.39, 0.29) is 6.04 Å². The summed E-state index contributed by atoms with van der Waals surface area (Å²) in [7, 11) is 0. The van der Waals surface area contributed by atoms with Crippen molar-refractivity contribution in [3.05, 3.63) is 35.2 Å². The minimum atomic E-state index is 0.107. The molecule has 1 aromatic carbocycles. The summed E-state index contributed by atoms with van der Waals surface area (Å²) in [5.74, 6) is 0.461. The van der Waals surface area contributed by atoms with Gasteiger partial charge in [0.15, 0.2) is 0 Å². The third-order valence-electron chi connectivity index (χ3n) is 3.61. The molecule has 0 saturated carbocycles. The Morgan fingerprint density at radius 1 is 1.41 bits per heavy atom. The molecule has 3 rings (SSSR count). The first-order valence-corrected chi connectivity index (χ1v) is 6.97. The molecule has 1 saturated heterocycles. The molecule has 0 spiro atoms. The summed E-state index contributed by atoms with van der Waals surface area (Å²) in [5.41, 5.74) is 7.69. The number of thiophene rings is 1. The van der Waals surface area contributed by atoms with Crippen LogP contribution in [0, 0.1) is 5.92 Å². The highest BCUT2D eigenvalue weighted by molar-refractivity contribution is 7.17. The number of fused-ring (bicyclic) bond motifs is 1. The summed E-state index contributed by atoms with van der Waals surface area (Å²) in [6, 6.07) is 8.59. The van der Waals surface area contributed by atoms with Crippen molar-refractivity contribution < 1.29 is 4.74 Å². The van der Waals surface area contributed by atoms with Gasteiger partial charge in [0.25, 0.3) is 0 Å². The molecule has 0 bridgehead atoms. The van der Waals surface area contributed by atoms with E-state index in [9.17, 15) is 0 Å². The predicted octanol–water partition coefficient (Wildman–Crippen LogP) is 3.33. The van der Waals surface area contributed by atoms with Crippen LogP contribution in [-0.2, 0) is 4.74 Å². The Bertz CT molecular complexity index is 522. The first-order chi connectivity index (χ1) is 8.25. The van der Waals surface area contributed by atoms with Gasteiger partial charge in [0.05, 0.1) is 12.7 Å². The van der Waals surface area contributed by atoms with Crippen LogP contribution in [0.2, 0.25) is 0 Å². The third kappa shape index (κ3) is 1.99. The van der Waals surface area contributed by atoms with E-state index < -0.39 is 0 Å². The SMILES string of the molecule is CC1CC(C(N)c2csc3ccccc23)CO1. The van der Waals surface area contributed by atoms with Crippen LogP contribution in [0.1, 0.15) is 24.9 Å². The maximum Gasteiger partial charge on any atom is 0.0551 e. The summed E-state index contributed by atoms with van der Waals surface area (Å²) < 4.78 is 6.94. The normalized spacial score (nSPS) is 26.5. The lowest BCUT2D eigenvalue weighted by molar-refractivity contribution is 0.118. The second kappa shape index (κ2) is 4.41. The van der Waals surface area contributed by atoms with E-state index in [1.54, 1.807) is 11.3 Å². The van der Waals surface area contributed by atoms with Gasteiger partial charge in [-0.2, -0.15) is 0 Å². The molecule has 1 fully saturated rings. The molecule has 0 amide bonds. The van der Waals surface area contributed by atoms with Gasteiger partial charge in [0.2, 0.25) is 0 Å². The van der Waals surface area contributed by atoms with Gasteiger partial charge in [-0.15, -0.1) is 11.3 Å². The van der Waals surface area contributed by atoms with E-state index in [2.05, 4.69) is 36.6 Å². The van der Waals surface area contributed by atoms with Gasteiger partial charge >= 0.3 is 0 Å². The second-order valence-electron chi connectivity index (χ2n) is 4.85. The number of hydrogen-bond acceptors (Lipinski definition) is 3. The van der Waals surface area contributed by atoms with Crippen molar-refractivity contribution in [2.24, 2.45) is 11.7 Å². The van der Waals surface area contributed by atoms with E-state index in [1.165, 1.54) is 15.6 Å². The van der Waals surface area contributed by atoms with Gasteiger partial charge in [0, 0.05) is 16.7 Å². The maximum absolute atomic E-state index is 6.40. The van der Waals surface area contributed by atoms with E-state index in [0.29, 0.717) is 12.0 Å². The van der Waals surface area contributed by atoms with Crippen LogP contribution in [0.25, 0.3) is 10.1 Å². The van der Waals surface area contributed by atoms with Crippen molar-refractivity contribution >= 4 is 21.4 Å². The highest BCUT2D eigenvalue weighted by atomic mass is 32.1. The zero-order chi connectivity index (χ0) is 11.8. The molecule has 0 aliphatic carbocycles. The molecule has 0 radical (unpaired) electrons. The molecule has 1 aliphatic rings. The molecule has 2 heterocycles. The van der Waals surface area contributed by atoms with Crippen molar-refractivity contribution in [1.29, 1.82) is 0 Å². The smallest absolute Gasteiger partial charge is 0.0551 e. The van der Waals surface area contributed by atoms with Crippen molar-refractivity contribution in [2.75, 3.05) is 6.61 Å². The number of benzene rings is 1. The molecule has 3 atom stereocenters. The van der Waals surface area contributed by atoms with Gasteiger partial charge in [-0.3, -0.25) is 0 Å². The average Bonchev–Trinajstić information content (AvgIpc) is 2.94. The summed E-state index contributed by atoms with van der Waals surface area (Å²) in [4.78, 5) is 0. The standard InChI is InChI=1S/C14H17NOS/c1-9-6-10(7-16-9)14(15)12-8-17-13-5-3-2-4-11(12)13/h2-5,8-10,14H,6-7,15H2,1H3. The number of hydrogen-bond donors (Lipinski definition) is 1. The quantitative estimate of drug-likeness (QED) is 0.883. The van der Waals surface area contributed by atoms with Gasteiger partial charge < -0.3 is 10.5 Å². The van der Waals surface area contributed by atoms with Gasteiger partial charge in [-0.25, -0.2) is 0 Å². The van der Waals surface area contributed by atoms with Crippen LogP contribution in [-0.4, -0.2) is 12.7 Å². The Balaban J connectivity index is 1.93. The molecule has 1 aromatic heterocycles. The molecular formula is C14H17NOS. The maximum atomic E-state index is 6.40. The first-order valence-electron chi connectivity index (χ1n) is 6.09. The summed E-state index contributed by atoms with van der Waals surface area (Å²) in [5, 5.41) is 3.52. The summed E-state index contributed by atoms with van der Waals surface area (Å²) in [6.45, 7) is 2.92. The van der Waals surface area contributed by atoms with E-state index in [4.69, 9.17) is 10.5 Å². The molecule has 2 N–H and O–H groups in total. The van der Waals surface area contributed by atoms with Crippen LogP contribution in [0.5, 0.6) is 0 Å². The van der Waals surface area contributed by atoms with Crippen molar-refractivity contribution in [3.8, 4) is 0 Å². The zero-order valence-electron chi connectivity index (χ0n) is 9.93. The van der Waals surface area contributed by atoms with E-state index in [1.807, 2.05) is 0 Å². The van der Waals surface area contributed by atoms with Crippen LogP contribution in [0.3, 0.4) is 0 Å². The fraction of sp³-hybridized carbons (Fsp3) is 0.429. The fourth-order valence-electron chi connectivity index (χ4n) is 2.61. The van der Waals surface area contributed by atoms with Crippen molar-refractivity contribution in [3.63, 3.8) is 0 Å². The van der Waals surface area contributed by atoms with Gasteiger partial charge in [-0.1, -0.05) is 18.2 Å². The lowest BCUT2D eigenvalue weighted by Gasteiger charge is -2.17. The summed E-state index contributed by atoms with van der Waals surface area (Å²) >= 11 is 1.78. The lowest BCUT2D eigenvalue weighted by atomic mass is 9.92. The monoisotopic (exact) mass is 247 g/mol. The number of ether oxygens (including phenoxy) is 1. The Morgan fingerprint density at radius 3 is 3.00 bits per heavy atom. The molecule has 17 heavy (non-hydrogen) atoms. The molecule has 1 aliphatic heterocycles. The zero-order valence-corrected chi connectivity index (χ0v) is 10.7. The lowest BCUT2D eigenvalue weighted by Crippen LogP contribution is -2.21. The van der Waals surface area contributed by atoms with Crippen molar-refractivity contribution in [1.82, 2.24) is 0 Å². The number of nitrogens with two attached hydrogens (primary N) is 1. The largest absolute Gasteiger partial charge is 0.378 e. The van der Waals surface area contributed by atoms with Crippen molar-refractivity contribution in [2.45, 2.75) is 25.5 Å². The summed E-state index contributed by atoms with van der Waals surface area (Å²) in [6.07, 6.45) is 1.43. The minimum Gasteiger partial charge on any atom is -0.378 e. The molecule has 90 valence electrons.